The molecular formula is C13H19NOS. The van der Waals surface area contributed by atoms with Crippen molar-refractivity contribution in [1.82, 2.24) is 5.32 Å². The fraction of sp³-hybridized carbons (Fsp3) is 0.462. The smallest absolute Gasteiger partial charge is 0.222 e. The van der Waals surface area contributed by atoms with Gasteiger partial charge < -0.3 is 5.32 Å². The maximum absolute atomic E-state index is 11.4. The summed E-state index contributed by atoms with van der Waals surface area (Å²) >= 11 is 1.75. The monoisotopic (exact) mass is 237 g/mol. The van der Waals surface area contributed by atoms with Gasteiger partial charge in [-0.25, -0.2) is 0 Å². The van der Waals surface area contributed by atoms with E-state index in [-0.39, 0.29) is 11.8 Å². The number of benzene rings is 1. The zero-order valence-corrected chi connectivity index (χ0v) is 10.9. The molecule has 3 heteroatoms. The zero-order valence-electron chi connectivity index (χ0n) is 10.1. The average Bonchev–Trinajstić information content (AvgIpc) is 2.29. The van der Waals surface area contributed by atoms with Crippen LogP contribution in [0.3, 0.4) is 0 Å². The first-order chi connectivity index (χ1) is 7.65. The third kappa shape index (κ3) is 3.89. The van der Waals surface area contributed by atoms with E-state index in [1.165, 1.54) is 10.5 Å². The molecule has 0 aliphatic rings. The number of carbonyl (C=O) groups excluding carboxylic acids is 1. The lowest BCUT2D eigenvalue weighted by Crippen LogP contribution is -2.29. The van der Waals surface area contributed by atoms with Crippen molar-refractivity contribution >= 4 is 17.7 Å². The molecule has 0 saturated carbocycles. The molecule has 0 fully saturated rings. The van der Waals surface area contributed by atoms with Crippen molar-refractivity contribution in [2.45, 2.75) is 25.2 Å². The Hall–Kier alpha value is -0.960. The van der Waals surface area contributed by atoms with Gasteiger partial charge in [0.2, 0.25) is 5.91 Å². The summed E-state index contributed by atoms with van der Waals surface area (Å²) in [5, 5.41) is 2.93. The molecule has 1 aromatic rings. The maximum atomic E-state index is 11.4. The van der Waals surface area contributed by atoms with E-state index in [9.17, 15) is 4.79 Å². The minimum Gasteiger partial charge on any atom is -0.356 e. The topological polar surface area (TPSA) is 29.1 Å². The van der Waals surface area contributed by atoms with Gasteiger partial charge in [0.15, 0.2) is 0 Å². The molecule has 16 heavy (non-hydrogen) atoms. The van der Waals surface area contributed by atoms with Crippen LogP contribution in [0.15, 0.2) is 29.2 Å². The van der Waals surface area contributed by atoms with Crippen molar-refractivity contribution in [1.29, 1.82) is 0 Å². The molecule has 0 atom stereocenters. The molecule has 0 heterocycles. The van der Waals surface area contributed by atoms with Crippen LogP contribution in [0.2, 0.25) is 0 Å². The van der Waals surface area contributed by atoms with E-state index in [0.717, 1.165) is 6.42 Å². The molecule has 1 N–H and O–H groups in total. The third-order valence-electron chi connectivity index (χ3n) is 2.41. The highest BCUT2D eigenvalue weighted by molar-refractivity contribution is 7.98. The van der Waals surface area contributed by atoms with Gasteiger partial charge in [0.25, 0.3) is 0 Å². The summed E-state index contributed by atoms with van der Waals surface area (Å²) in [6.45, 7) is 4.53. The number of nitrogens with one attached hydrogen (secondary N) is 1. The summed E-state index contributed by atoms with van der Waals surface area (Å²) in [7, 11) is 0. The van der Waals surface area contributed by atoms with Gasteiger partial charge in [-0.05, 0) is 24.3 Å². The first kappa shape index (κ1) is 13.1. The fourth-order valence-corrected chi connectivity index (χ4v) is 2.08. The number of carbonyl (C=O) groups is 1. The van der Waals surface area contributed by atoms with Gasteiger partial charge in [-0.15, -0.1) is 11.8 Å². The summed E-state index contributed by atoms with van der Waals surface area (Å²) in [5.41, 5.74) is 1.30. The quantitative estimate of drug-likeness (QED) is 0.798. The second-order valence-corrected chi connectivity index (χ2v) is 4.86. The number of hydrogen-bond acceptors (Lipinski definition) is 2. The Balaban J connectivity index is 2.45. The predicted octanol–water partition coefficient (Wildman–Crippen LogP) is 2.72. The average molecular weight is 237 g/mol. The molecule has 0 saturated heterocycles. The Labute approximate surface area is 102 Å². The standard InChI is InChI=1S/C13H19NOS/c1-10(2)13(15)14-9-8-11-6-4-5-7-12(11)16-3/h4-7,10H,8-9H2,1-3H3,(H,14,15). The van der Waals surface area contributed by atoms with Crippen molar-refractivity contribution in [2.75, 3.05) is 12.8 Å². The Kier molecular flexibility index (Phi) is 5.39. The fourth-order valence-electron chi connectivity index (χ4n) is 1.43. The van der Waals surface area contributed by atoms with E-state index in [4.69, 9.17) is 0 Å². The van der Waals surface area contributed by atoms with Gasteiger partial charge in [-0.3, -0.25) is 4.79 Å². The summed E-state index contributed by atoms with van der Waals surface area (Å²) in [5.74, 6) is 0.192. The number of amides is 1. The third-order valence-corrected chi connectivity index (χ3v) is 3.25. The van der Waals surface area contributed by atoms with Gasteiger partial charge in [0, 0.05) is 17.4 Å². The van der Waals surface area contributed by atoms with Gasteiger partial charge in [0.1, 0.15) is 0 Å². The van der Waals surface area contributed by atoms with E-state index >= 15 is 0 Å². The molecule has 0 unspecified atom stereocenters. The first-order valence-electron chi connectivity index (χ1n) is 5.54. The summed E-state index contributed by atoms with van der Waals surface area (Å²) in [6.07, 6.45) is 2.97. The Bertz CT molecular complexity index is 350. The van der Waals surface area contributed by atoms with Crippen molar-refractivity contribution in [3.63, 3.8) is 0 Å². The number of rotatable bonds is 5. The van der Waals surface area contributed by atoms with E-state index in [1.54, 1.807) is 11.8 Å². The van der Waals surface area contributed by atoms with Gasteiger partial charge in [-0.1, -0.05) is 32.0 Å². The largest absolute Gasteiger partial charge is 0.356 e. The normalized spacial score (nSPS) is 10.5. The van der Waals surface area contributed by atoms with Crippen molar-refractivity contribution in [3.8, 4) is 0 Å². The lowest BCUT2D eigenvalue weighted by Gasteiger charge is -2.09. The zero-order chi connectivity index (χ0) is 12.0. The van der Waals surface area contributed by atoms with Crippen LogP contribution in [0, 0.1) is 5.92 Å². The molecular weight excluding hydrogens is 218 g/mol. The number of thioether (sulfide) groups is 1. The van der Waals surface area contributed by atoms with Gasteiger partial charge in [-0.2, -0.15) is 0 Å². The highest BCUT2D eigenvalue weighted by Crippen LogP contribution is 2.19. The SMILES string of the molecule is CSc1ccccc1CCNC(=O)C(C)C. The Morgan fingerprint density at radius 2 is 2.06 bits per heavy atom. The van der Waals surface area contributed by atoms with E-state index < -0.39 is 0 Å². The molecule has 0 aliphatic carbocycles. The summed E-state index contributed by atoms with van der Waals surface area (Å²) in [6, 6.07) is 8.32. The minimum atomic E-state index is 0.0655. The molecule has 1 amide bonds. The van der Waals surface area contributed by atoms with Crippen LogP contribution in [-0.4, -0.2) is 18.7 Å². The predicted molar refractivity (Wildman–Crippen MR) is 69.8 cm³/mol. The lowest BCUT2D eigenvalue weighted by molar-refractivity contribution is -0.123. The number of hydrogen-bond donors (Lipinski definition) is 1. The Morgan fingerprint density at radius 3 is 2.69 bits per heavy atom. The molecule has 1 rings (SSSR count). The first-order valence-corrected chi connectivity index (χ1v) is 6.77. The lowest BCUT2D eigenvalue weighted by atomic mass is 10.1. The molecule has 0 bridgehead atoms. The van der Waals surface area contributed by atoms with Gasteiger partial charge >= 0.3 is 0 Å². The summed E-state index contributed by atoms with van der Waals surface area (Å²) in [4.78, 5) is 12.7. The molecule has 1 aromatic carbocycles. The van der Waals surface area contributed by atoms with Crippen molar-refractivity contribution in [2.24, 2.45) is 5.92 Å². The van der Waals surface area contributed by atoms with Crippen LogP contribution in [0.1, 0.15) is 19.4 Å². The van der Waals surface area contributed by atoms with Crippen LogP contribution in [-0.2, 0) is 11.2 Å². The maximum Gasteiger partial charge on any atom is 0.222 e. The van der Waals surface area contributed by atoms with Crippen LogP contribution in [0.5, 0.6) is 0 Å². The molecule has 0 aliphatic heterocycles. The molecule has 0 aromatic heterocycles. The second kappa shape index (κ2) is 6.59. The Morgan fingerprint density at radius 1 is 1.38 bits per heavy atom. The summed E-state index contributed by atoms with van der Waals surface area (Å²) < 4.78 is 0. The van der Waals surface area contributed by atoms with Crippen LogP contribution >= 0.6 is 11.8 Å². The van der Waals surface area contributed by atoms with E-state index in [1.807, 2.05) is 26.0 Å². The highest BCUT2D eigenvalue weighted by Gasteiger charge is 2.06. The molecule has 0 spiro atoms. The molecule has 88 valence electrons. The van der Waals surface area contributed by atoms with Crippen LogP contribution in [0.25, 0.3) is 0 Å². The van der Waals surface area contributed by atoms with Crippen molar-refractivity contribution < 1.29 is 4.79 Å². The van der Waals surface area contributed by atoms with E-state index in [2.05, 4.69) is 23.7 Å². The van der Waals surface area contributed by atoms with Crippen molar-refractivity contribution in [3.05, 3.63) is 29.8 Å². The molecule has 2 nitrogen and oxygen atoms in total. The van der Waals surface area contributed by atoms with Crippen LogP contribution < -0.4 is 5.32 Å². The second-order valence-electron chi connectivity index (χ2n) is 4.01. The molecule has 0 radical (unpaired) electrons. The highest BCUT2D eigenvalue weighted by atomic mass is 32.2. The van der Waals surface area contributed by atoms with Crippen LogP contribution in [0.4, 0.5) is 0 Å². The minimum absolute atomic E-state index is 0.0655. The van der Waals surface area contributed by atoms with Gasteiger partial charge in [0.05, 0.1) is 0 Å². The van der Waals surface area contributed by atoms with E-state index in [0.29, 0.717) is 6.54 Å².